The minimum Gasteiger partial charge on any atom is -0.508 e. The smallest absolute Gasteiger partial charge is 0.243 e. The Bertz CT molecular complexity index is 2120. The van der Waals surface area contributed by atoms with Crippen molar-refractivity contribution < 1.29 is 109 Å². The molecule has 0 aliphatic carbocycles. The Balaban J connectivity index is 1.35. The van der Waals surface area contributed by atoms with Gasteiger partial charge >= 0.3 is 0 Å². The quantitative estimate of drug-likeness (QED) is 0.0331. The van der Waals surface area contributed by atoms with Crippen molar-refractivity contribution in [1.29, 1.82) is 0 Å². The monoisotopic (exact) mass is 1130 g/mol. The number of nitrogens with two attached hydrogens (primary N) is 3. The highest BCUT2D eigenvalue weighted by atomic mass is 16.7. The third kappa shape index (κ3) is 18.1. The van der Waals surface area contributed by atoms with Crippen molar-refractivity contribution in [2.45, 2.75) is 201 Å². The number of carbonyl (C=O) groups is 6. The van der Waals surface area contributed by atoms with Crippen LogP contribution < -0.4 is 43.8 Å². The molecule has 79 heavy (non-hydrogen) atoms. The van der Waals surface area contributed by atoms with Crippen molar-refractivity contribution in [2.75, 3.05) is 26.4 Å². The van der Waals surface area contributed by atoms with Crippen molar-refractivity contribution in [1.82, 2.24) is 26.6 Å². The molecule has 3 heterocycles. The van der Waals surface area contributed by atoms with Gasteiger partial charge in [-0.3, -0.25) is 28.8 Å². The van der Waals surface area contributed by atoms with Crippen LogP contribution in [0.25, 0.3) is 0 Å². The Morgan fingerprint density at radius 3 is 1.61 bits per heavy atom. The highest BCUT2D eigenvalue weighted by molar-refractivity contribution is 5.96. The van der Waals surface area contributed by atoms with Crippen molar-refractivity contribution in [3.8, 4) is 5.75 Å². The van der Waals surface area contributed by atoms with E-state index < -0.39 is 189 Å². The van der Waals surface area contributed by atoms with Gasteiger partial charge in [-0.25, -0.2) is 0 Å². The van der Waals surface area contributed by atoms with Crippen LogP contribution in [0.3, 0.4) is 0 Å². The molecule has 3 saturated heterocycles. The number of rotatable bonds is 29. The zero-order valence-electron chi connectivity index (χ0n) is 44.4. The molecule has 0 aromatic heterocycles. The van der Waals surface area contributed by atoms with Crippen LogP contribution in [0.2, 0.25) is 0 Å². The Hall–Kier alpha value is -4.84. The molecule has 0 radical (unpaired) electrons. The van der Waals surface area contributed by atoms with Gasteiger partial charge in [0.05, 0.1) is 32.0 Å². The van der Waals surface area contributed by atoms with Crippen LogP contribution in [0.4, 0.5) is 0 Å². The van der Waals surface area contributed by atoms with Gasteiger partial charge in [-0.1, -0.05) is 32.4 Å². The normalized spacial score (nSPS) is 31.7. The number of aliphatic hydroxyl groups is 10. The summed E-state index contributed by atoms with van der Waals surface area (Å²) in [5, 5.41) is 128. The molecular weight excluding hydrogens is 1050 g/mol. The number of unbranched alkanes of at least 4 members (excludes halogenated alkanes) is 1. The molecule has 1 aromatic rings. The number of aromatic hydroxyl groups is 1. The summed E-state index contributed by atoms with van der Waals surface area (Å²) in [4.78, 5) is 79.8. The Morgan fingerprint density at radius 2 is 1.08 bits per heavy atom. The van der Waals surface area contributed by atoms with Crippen molar-refractivity contribution >= 4 is 35.4 Å². The second-order valence-corrected chi connectivity index (χ2v) is 20.2. The standard InChI is InChI=1S/C49H82N8O22/c1-5-20(2)32(47(74)54-22(4)44(71)56-27(16-23-9-11-24(61)12-10-23)46(73)53-21(3)43(70)55-26(42(52)69)8-6-7-15-50)57-45(72)25(51)13-14-28-33(62)36(65)40(30(18-59)75-28)78-49-39(68)37(66)41(31(19-60)77-49)79-48-38(67)35(64)34(63)29(17-58)76-48/h9-12,20-22,25-41,48-49,58-68H,5-8,13-19,50-51H2,1-4H3,(H2,52,69)(H,53,73)(H,54,74)(H,55,70)(H,56,71)(H,57,72)/t20-,21-,22-,25+,26-,27-,28-,29+,30+,31+,32-,33-,34-,35-,36+,37+,38+,39+,40+,41-,48+,49-/m0/s1. The SMILES string of the molecule is CC[C@H](C)[C@H](NC(=O)[C@H](N)CC[C@@H]1O[C@H](CO)[C@@H](O[C@@H]2O[C@H](CO)[C@H](O[C@H]3O[C@H](CO)[C@H](O)[C@H](O)[C@H]3O)[C@H](O)[C@H]2O)[C@H](O)[C@H]1O)C(=O)N[C@@H](C)C(=O)N[C@@H](Cc1ccc(O)cc1)C(=O)N[C@@H](C)C(=O)N[C@@H](CCCCN)C(N)=O. The van der Waals surface area contributed by atoms with Gasteiger partial charge in [-0.05, 0) is 76.1 Å². The predicted octanol–water partition coefficient (Wildman–Crippen LogP) is -8.34. The number of amides is 6. The lowest BCUT2D eigenvalue weighted by Crippen LogP contribution is -2.66. The van der Waals surface area contributed by atoms with Crippen LogP contribution in [-0.2, 0) is 58.9 Å². The van der Waals surface area contributed by atoms with E-state index in [1.54, 1.807) is 13.8 Å². The lowest BCUT2D eigenvalue weighted by molar-refractivity contribution is -0.373. The molecule has 0 spiro atoms. The molecule has 6 amide bonds. The number of phenols is 1. The highest BCUT2D eigenvalue weighted by Crippen LogP contribution is 2.33. The zero-order valence-corrected chi connectivity index (χ0v) is 44.4. The fourth-order valence-electron chi connectivity index (χ4n) is 9.03. The topological polar surface area (TPSA) is 509 Å². The van der Waals surface area contributed by atoms with E-state index >= 15 is 0 Å². The van der Waals surface area contributed by atoms with Crippen LogP contribution in [0, 0.1) is 5.92 Å². The van der Waals surface area contributed by atoms with E-state index in [2.05, 4.69) is 26.6 Å². The van der Waals surface area contributed by atoms with Gasteiger partial charge in [-0.2, -0.15) is 0 Å². The second kappa shape index (κ2) is 31.4. The van der Waals surface area contributed by atoms with E-state index in [9.17, 15) is 84.9 Å². The Morgan fingerprint density at radius 1 is 0.582 bits per heavy atom. The summed E-state index contributed by atoms with van der Waals surface area (Å²) in [5.41, 5.74) is 17.8. The van der Waals surface area contributed by atoms with Crippen LogP contribution in [0.15, 0.2) is 24.3 Å². The largest absolute Gasteiger partial charge is 0.508 e. The van der Waals surface area contributed by atoms with Crippen LogP contribution in [-0.4, -0.2) is 246 Å². The molecule has 3 aliphatic rings. The Labute approximate surface area is 455 Å². The van der Waals surface area contributed by atoms with E-state index in [1.807, 2.05) is 0 Å². The Kier molecular flexibility index (Phi) is 26.5. The maximum absolute atomic E-state index is 13.8. The number of hydrogen-bond donors (Lipinski definition) is 19. The molecule has 4 rings (SSSR count). The van der Waals surface area contributed by atoms with E-state index in [-0.39, 0.29) is 31.4 Å². The van der Waals surface area contributed by atoms with Crippen LogP contribution in [0.1, 0.15) is 71.8 Å². The molecule has 3 fully saturated rings. The number of carbonyl (C=O) groups excluding carboxylic acids is 6. The molecule has 450 valence electrons. The number of nitrogens with one attached hydrogen (secondary N) is 5. The lowest BCUT2D eigenvalue weighted by Gasteiger charge is -2.48. The maximum atomic E-state index is 13.8. The first kappa shape index (κ1) is 66.7. The molecule has 3 aliphatic heterocycles. The second-order valence-electron chi connectivity index (χ2n) is 20.2. The summed E-state index contributed by atoms with van der Waals surface area (Å²) in [6.45, 7) is 3.89. The fraction of sp³-hybridized carbons (Fsp3) is 0.755. The molecule has 0 saturated carbocycles. The van der Waals surface area contributed by atoms with E-state index in [0.717, 1.165) is 0 Å². The molecule has 0 unspecified atom stereocenters. The number of phenolic OH excluding ortho intramolecular Hbond substituents is 1. The van der Waals surface area contributed by atoms with Gasteiger partial charge in [0.25, 0.3) is 0 Å². The van der Waals surface area contributed by atoms with Crippen molar-refractivity contribution in [3.63, 3.8) is 0 Å². The predicted molar refractivity (Wildman–Crippen MR) is 271 cm³/mol. The lowest BCUT2D eigenvalue weighted by atomic mass is 9.91. The maximum Gasteiger partial charge on any atom is 0.243 e. The number of benzene rings is 1. The average Bonchev–Trinajstić information content (AvgIpc) is 3.42. The zero-order chi connectivity index (χ0) is 59.0. The first-order valence-electron chi connectivity index (χ1n) is 26.2. The average molecular weight is 1140 g/mol. The molecular formula is C49H82N8O22. The molecule has 0 bridgehead atoms. The number of hydrogen-bond acceptors (Lipinski definition) is 24. The van der Waals surface area contributed by atoms with Crippen molar-refractivity contribution in [3.05, 3.63) is 29.8 Å². The number of aliphatic hydroxyl groups excluding tert-OH is 10. The molecule has 30 heteroatoms. The summed E-state index contributed by atoms with van der Waals surface area (Å²) in [7, 11) is 0. The van der Waals surface area contributed by atoms with E-state index in [4.69, 9.17) is 40.9 Å². The molecule has 22 atom stereocenters. The van der Waals surface area contributed by atoms with Gasteiger partial charge in [-0.15, -0.1) is 0 Å². The van der Waals surface area contributed by atoms with E-state index in [1.165, 1.54) is 38.1 Å². The van der Waals surface area contributed by atoms with Gasteiger partial charge in [0.15, 0.2) is 12.6 Å². The summed E-state index contributed by atoms with van der Waals surface area (Å²) in [5.74, 6) is -5.40. The third-order valence-corrected chi connectivity index (χ3v) is 14.2. The highest BCUT2D eigenvalue weighted by Gasteiger charge is 2.53. The first-order valence-corrected chi connectivity index (χ1v) is 26.2. The molecule has 1 aromatic carbocycles. The summed E-state index contributed by atoms with van der Waals surface area (Å²) in [6.07, 6.45) is -24.9. The van der Waals surface area contributed by atoms with Gasteiger partial charge in [0, 0.05) is 6.42 Å². The summed E-state index contributed by atoms with van der Waals surface area (Å²) < 4.78 is 28.1. The summed E-state index contributed by atoms with van der Waals surface area (Å²) in [6, 6.07) is -1.78. The van der Waals surface area contributed by atoms with Crippen LogP contribution in [0.5, 0.6) is 5.75 Å². The number of ether oxygens (including phenoxy) is 5. The van der Waals surface area contributed by atoms with Crippen molar-refractivity contribution in [2.24, 2.45) is 23.1 Å². The first-order chi connectivity index (χ1) is 37.3. The van der Waals surface area contributed by atoms with Gasteiger partial charge in [0.1, 0.15) is 109 Å². The van der Waals surface area contributed by atoms with Crippen LogP contribution >= 0.6 is 0 Å². The molecule has 30 nitrogen and oxygen atoms in total. The number of primary amides is 1. The minimum absolute atomic E-state index is 0.0638. The molecule has 22 N–H and O–H groups in total. The summed E-state index contributed by atoms with van der Waals surface area (Å²) >= 11 is 0. The minimum atomic E-state index is -2.04. The van der Waals surface area contributed by atoms with Gasteiger partial charge < -0.3 is 124 Å². The van der Waals surface area contributed by atoms with Gasteiger partial charge in [0.2, 0.25) is 35.4 Å². The fourth-order valence-corrected chi connectivity index (χ4v) is 9.03. The van der Waals surface area contributed by atoms with E-state index in [0.29, 0.717) is 31.4 Å². The third-order valence-electron chi connectivity index (χ3n) is 14.2.